The summed E-state index contributed by atoms with van der Waals surface area (Å²) >= 11 is 0. The maximum absolute atomic E-state index is 14.2. The van der Waals surface area contributed by atoms with Crippen LogP contribution in [-0.2, 0) is 6.54 Å². The summed E-state index contributed by atoms with van der Waals surface area (Å²) in [6.07, 6.45) is 2.43. The molecule has 0 bridgehead atoms. The smallest absolute Gasteiger partial charge is 0.146 e. The molecule has 1 aromatic rings. The minimum absolute atomic E-state index is 0.164. The predicted molar refractivity (Wildman–Crippen MR) is 80.5 cm³/mol. The van der Waals surface area contributed by atoms with Gasteiger partial charge in [0.25, 0.3) is 0 Å². The van der Waals surface area contributed by atoms with Gasteiger partial charge in [-0.1, -0.05) is 19.1 Å². The summed E-state index contributed by atoms with van der Waals surface area (Å²) in [6.45, 7) is 7.00. The summed E-state index contributed by atoms with van der Waals surface area (Å²) in [4.78, 5) is 2.07. The largest absolute Gasteiger partial charge is 0.390 e. The van der Waals surface area contributed by atoms with Gasteiger partial charge in [-0.25, -0.2) is 4.39 Å². The average molecular weight is 280 g/mol. The maximum atomic E-state index is 14.2. The van der Waals surface area contributed by atoms with Crippen LogP contribution in [0.2, 0.25) is 0 Å². The summed E-state index contributed by atoms with van der Waals surface area (Å²) in [6, 6.07) is 5.27. The Bertz CT molecular complexity index is 438. The Morgan fingerprint density at radius 2 is 2.05 bits per heavy atom. The highest BCUT2D eigenvalue weighted by Gasteiger charge is 2.29. The second kappa shape index (κ2) is 6.55. The molecule has 112 valence electrons. The van der Waals surface area contributed by atoms with Crippen molar-refractivity contribution in [2.75, 3.05) is 24.5 Å². The van der Waals surface area contributed by atoms with Crippen LogP contribution in [0.15, 0.2) is 18.2 Å². The van der Waals surface area contributed by atoms with Gasteiger partial charge < -0.3 is 15.3 Å². The van der Waals surface area contributed by atoms with Crippen LogP contribution >= 0.6 is 0 Å². The van der Waals surface area contributed by atoms with Crippen molar-refractivity contribution in [3.8, 4) is 0 Å². The zero-order valence-corrected chi connectivity index (χ0v) is 12.5. The third kappa shape index (κ3) is 3.70. The minimum atomic E-state index is -0.609. The van der Waals surface area contributed by atoms with E-state index in [1.54, 1.807) is 6.07 Å². The quantitative estimate of drug-likeness (QED) is 0.814. The number of halogens is 1. The lowest BCUT2D eigenvalue weighted by molar-refractivity contribution is 0.0350. The number of nitrogens with zero attached hydrogens (tertiary/aromatic N) is 1. The van der Waals surface area contributed by atoms with E-state index in [1.807, 2.05) is 13.0 Å². The van der Waals surface area contributed by atoms with Gasteiger partial charge in [-0.15, -0.1) is 0 Å². The van der Waals surface area contributed by atoms with E-state index in [1.165, 1.54) is 6.07 Å². The number of benzene rings is 1. The van der Waals surface area contributed by atoms with Crippen LogP contribution in [0.1, 0.15) is 38.7 Å². The topological polar surface area (TPSA) is 35.5 Å². The van der Waals surface area contributed by atoms with Gasteiger partial charge in [0, 0.05) is 19.6 Å². The van der Waals surface area contributed by atoms with E-state index in [0.717, 1.165) is 18.5 Å². The van der Waals surface area contributed by atoms with Crippen molar-refractivity contribution < 1.29 is 9.50 Å². The van der Waals surface area contributed by atoms with Gasteiger partial charge in [-0.3, -0.25) is 0 Å². The van der Waals surface area contributed by atoms with Gasteiger partial charge in [0.1, 0.15) is 5.82 Å². The fourth-order valence-electron chi connectivity index (χ4n) is 2.67. The molecule has 1 heterocycles. The van der Waals surface area contributed by atoms with Crippen LogP contribution in [0.25, 0.3) is 0 Å². The second-order valence-corrected chi connectivity index (χ2v) is 5.91. The first-order valence-electron chi connectivity index (χ1n) is 7.49. The Hall–Kier alpha value is -1.13. The first kappa shape index (κ1) is 15.3. The van der Waals surface area contributed by atoms with Crippen molar-refractivity contribution >= 4 is 5.69 Å². The van der Waals surface area contributed by atoms with Crippen molar-refractivity contribution in [3.63, 3.8) is 0 Å². The summed E-state index contributed by atoms with van der Waals surface area (Å²) < 4.78 is 14.2. The molecule has 1 fully saturated rings. The van der Waals surface area contributed by atoms with E-state index in [0.29, 0.717) is 38.2 Å². The van der Waals surface area contributed by atoms with Gasteiger partial charge in [0.05, 0.1) is 11.3 Å². The van der Waals surface area contributed by atoms with Gasteiger partial charge in [-0.2, -0.15) is 0 Å². The number of aliphatic hydroxyl groups is 1. The molecule has 0 saturated carbocycles. The first-order valence-corrected chi connectivity index (χ1v) is 7.49. The molecular formula is C16H25FN2O. The van der Waals surface area contributed by atoms with Crippen LogP contribution in [0.5, 0.6) is 0 Å². The van der Waals surface area contributed by atoms with E-state index in [-0.39, 0.29) is 5.82 Å². The molecule has 1 aliphatic rings. The highest BCUT2D eigenvalue weighted by molar-refractivity contribution is 5.55. The molecule has 3 nitrogen and oxygen atoms in total. The van der Waals surface area contributed by atoms with Crippen molar-refractivity contribution in [1.29, 1.82) is 0 Å². The lowest BCUT2D eigenvalue weighted by atomic mass is 9.93. The summed E-state index contributed by atoms with van der Waals surface area (Å²) in [5.41, 5.74) is 1.09. The van der Waals surface area contributed by atoms with E-state index >= 15 is 0 Å². The molecule has 0 amide bonds. The van der Waals surface area contributed by atoms with Crippen molar-refractivity contribution in [2.45, 2.75) is 45.3 Å². The Morgan fingerprint density at radius 3 is 2.70 bits per heavy atom. The SMILES string of the molecule is CCCNCc1cccc(F)c1N1CCC(C)(O)CC1. The van der Waals surface area contributed by atoms with Gasteiger partial charge >= 0.3 is 0 Å². The predicted octanol–water partition coefficient (Wildman–Crippen LogP) is 2.68. The standard InChI is InChI=1S/C16H25FN2O/c1-3-9-18-12-13-5-4-6-14(17)15(13)19-10-7-16(2,20)8-11-19/h4-6,18,20H,3,7-12H2,1-2H3. The molecule has 4 heteroatoms. The van der Waals surface area contributed by atoms with E-state index < -0.39 is 5.60 Å². The number of para-hydroxylation sites is 1. The lowest BCUT2D eigenvalue weighted by Gasteiger charge is -2.38. The fourth-order valence-corrected chi connectivity index (χ4v) is 2.67. The Labute approximate surface area is 120 Å². The van der Waals surface area contributed by atoms with E-state index in [9.17, 15) is 9.50 Å². The average Bonchev–Trinajstić information content (AvgIpc) is 2.40. The molecule has 0 radical (unpaired) electrons. The zero-order chi connectivity index (χ0) is 14.6. The third-order valence-electron chi connectivity index (χ3n) is 3.97. The second-order valence-electron chi connectivity index (χ2n) is 5.91. The lowest BCUT2D eigenvalue weighted by Crippen LogP contribution is -2.43. The van der Waals surface area contributed by atoms with Crippen molar-refractivity contribution in [2.24, 2.45) is 0 Å². The number of piperidine rings is 1. The Balaban J connectivity index is 2.13. The molecule has 2 rings (SSSR count). The monoisotopic (exact) mass is 280 g/mol. The van der Waals surface area contributed by atoms with Gasteiger partial charge in [-0.05, 0) is 44.4 Å². The molecule has 1 aromatic carbocycles. The molecule has 20 heavy (non-hydrogen) atoms. The number of anilines is 1. The maximum Gasteiger partial charge on any atom is 0.146 e. The number of rotatable bonds is 5. The van der Waals surface area contributed by atoms with Crippen molar-refractivity contribution in [3.05, 3.63) is 29.6 Å². The normalized spacial score (nSPS) is 18.3. The number of hydrogen-bond acceptors (Lipinski definition) is 3. The highest BCUT2D eigenvalue weighted by atomic mass is 19.1. The van der Waals surface area contributed by atoms with Gasteiger partial charge in [0.15, 0.2) is 0 Å². The van der Waals surface area contributed by atoms with Crippen LogP contribution in [-0.4, -0.2) is 30.3 Å². The van der Waals surface area contributed by atoms with Crippen LogP contribution in [0, 0.1) is 5.82 Å². The number of hydrogen-bond donors (Lipinski definition) is 2. The Kier molecular flexibility index (Phi) is 5.00. The number of nitrogens with one attached hydrogen (secondary N) is 1. The molecule has 0 atom stereocenters. The molecule has 1 saturated heterocycles. The zero-order valence-electron chi connectivity index (χ0n) is 12.5. The van der Waals surface area contributed by atoms with Crippen molar-refractivity contribution in [1.82, 2.24) is 5.32 Å². The highest BCUT2D eigenvalue weighted by Crippen LogP contribution is 2.30. The molecule has 0 aliphatic carbocycles. The van der Waals surface area contributed by atoms with Crippen LogP contribution < -0.4 is 10.2 Å². The summed E-state index contributed by atoms with van der Waals surface area (Å²) in [5, 5.41) is 13.3. The summed E-state index contributed by atoms with van der Waals surface area (Å²) in [5.74, 6) is -0.164. The van der Waals surface area contributed by atoms with E-state index in [4.69, 9.17) is 0 Å². The van der Waals surface area contributed by atoms with E-state index in [2.05, 4.69) is 17.1 Å². The Morgan fingerprint density at radius 1 is 1.35 bits per heavy atom. The molecule has 1 aliphatic heterocycles. The minimum Gasteiger partial charge on any atom is -0.390 e. The third-order valence-corrected chi connectivity index (χ3v) is 3.97. The van der Waals surface area contributed by atoms with Crippen LogP contribution in [0.3, 0.4) is 0 Å². The van der Waals surface area contributed by atoms with Gasteiger partial charge in [0.2, 0.25) is 0 Å². The molecule has 0 spiro atoms. The fraction of sp³-hybridized carbons (Fsp3) is 0.625. The molecule has 0 aromatic heterocycles. The molecule has 0 unspecified atom stereocenters. The summed E-state index contributed by atoms with van der Waals surface area (Å²) in [7, 11) is 0. The van der Waals surface area contributed by atoms with Crippen LogP contribution in [0.4, 0.5) is 10.1 Å². The molecular weight excluding hydrogens is 255 g/mol. The first-order chi connectivity index (χ1) is 9.53. The molecule has 2 N–H and O–H groups in total.